The Morgan fingerprint density at radius 3 is 2.82 bits per heavy atom. The quantitative estimate of drug-likeness (QED) is 0.828. The molecule has 17 heavy (non-hydrogen) atoms. The van der Waals surface area contributed by atoms with Crippen LogP contribution < -0.4 is 5.73 Å². The van der Waals surface area contributed by atoms with E-state index >= 15 is 0 Å². The van der Waals surface area contributed by atoms with Crippen LogP contribution in [0.5, 0.6) is 0 Å². The second kappa shape index (κ2) is 5.29. The van der Waals surface area contributed by atoms with E-state index in [1.54, 1.807) is 4.90 Å². The Morgan fingerprint density at radius 1 is 1.47 bits per heavy atom. The molecule has 1 aliphatic heterocycles. The molecule has 1 fully saturated rings. The van der Waals surface area contributed by atoms with Gasteiger partial charge in [0, 0.05) is 13.1 Å². The van der Waals surface area contributed by atoms with Gasteiger partial charge in [-0.2, -0.15) is 0 Å². The van der Waals surface area contributed by atoms with E-state index in [2.05, 4.69) is 0 Å². The number of rotatable bonds is 2. The van der Waals surface area contributed by atoms with Gasteiger partial charge in [-0.05, 0) is 12.5 Å². The molecule has 0 aromatic heterocycles. The summed E-state index contributed by atoms with van der Waals surface area (Å²) in [5, 5.41) is 0. The van der Waals surface area contributed by atoms with Crippen LogP contribution in [0.3, 0.4) is 0 Å². The summed E-state index contributed by atoms with van der Waals surface area (Å²) in [6.45, 7) is 3.81. The van der Waals surface area contributed by atoms with Gasteiger partial charge in [-0.15, -0.1) is 0 Å². The number of carbonyl (C=O) groups is 1. The molecule has 1 saturated heterocycles. The van der Waals surface area contributed by atoms with Gasteiger partial charge in [0.1, 0.15) is 6.04 Å². The lowest BCUT2D eigenvalue weighted by atomic mass is 10.1. The van der Waals surface area contributed by atoms with Crippen molar-refractivity contribution in [3.63, 3.8) is 0 Å². The minimum Gasteiger partial charge on any atom is -0.375 e. The average molecular weight is 234 g/mol. The summed E-state index contributed by atoms with van der Waals surface area (Å²) in [7, 11) is 0. The Hall–Kier alpha value is -1.39. The van der Waals surface area contributed by atoms with Gasteiger partial charge in [0.15, 0.2) is 0 Å². The van der Waals surface area contributed by atoms with Crippen LogP contribution in [-0.4, -0.2) is 36.6 Å². The Morgan fingerprint density at radius 2 is 2.18 bits per heavy atom. The molecule has 0 bridgehead atoms. The van der Waals surface area contributed by atoms with Crippen molar-refractivity contribution >= 4 is 5.91 Å². The molecular formula is C13H18N2O2. The standard InChI is InChI=1S/C13H18N2O2/c1-10-9-15(7-8-17-10)13(16)12(14)11-5-3-2-4-6-11/h2-6,10,12H,7-9,14H2,1H3/t10-,12-/m0/s1. The van der Waals surface area contributed by atoms with Crippen molar-refractivity contribution in [3.8, 4) is 0 Å². The topological polar surface area (TPSA) is 55.6 Å². The van der Waals surface area contributed by atoms with Gasteiger partial charge in [0.25, 0.3) is 0 Å². The number of hydrogen-bond donors (Lipinski definition) is 1. The molecule has 2 N–H and O–H groups in total. The molecule has 0 radical (unpaired) electrons. The van der Waals surface area contributed by atoms with E-state index in [0.29, 0.717) is 19.7 Å². The van der Waals surface area contributed by atoms with E-state index in [0.717, 1.165) is 5.56 Å². The van der Waals surface area contributed by atoms with Crippen molar-refractivity contribution in [3.05, 3.63) is 35.9 Å². The lowest BCUT2D eigenvalue weighted by Crippen LogP contribution is -2.47. The van der Waals surface area contributed by atoms with Crippen molar-refractivity contribution < 1.29 is 9.53 Å². The molecule has 0 unspecified atom stereocenters. The minimum atomic E-state index is -0.568. The highest BCUT2D eigenvalue weighted by Gasteiger charge is 2.26. The molecule has 1 aromatic carbocycles. The molecule has 4 heteroatoms. The average Bonchev–Trinajstić information content (AvgIpc) is 2.38. The number of morpholine rings is 1. The number of amides is 1. The summed E-state index contributed by atoms with van der Waals surface area (Å²) < 4.78 is 5.41. The highest BCUT2D eigenvalue weighted by molar-refractivity contribution is 5.83. The van der Waals surface area contributed by atoms with E-state index < -0.39 is 6.04 Å². The second-order valence-electron chi connectivity index (χ2n) is 4.35. The van der Waals surface area contributed by atoms with Crippen molar-refractivity contribution in [2.24, 2.45) is 5.73 Å². The van der Waals surface area contributed by atoms with Crippen LogP contribution in [0, 0.1) is 0 Å². The highest BCUT2D eigenvalue weighted by atomic mass is 16.5. The first-order chi connectivity index (χ1) is 8.18. The second-order valence-corrected chi connectivity index (χ2v) is 4.35. The molecule has 1 aliphatic rings. The maximum absolute atomic E-state index is 12.2. The van der Waals surface area contributed by atoms with Gasteiger partial charge in [-0.1, -0.05) is 30.3 Å². The first-order valence-corrected chi connectivity index (χ1v) is 5.89. The maximum atomic E-state index is 12.2. The molecule has 0 saturated carbocycles. The van der Waals surface area contributed by atoms with Crippen LogP contribution in [0.2, 0.25) is 0 Å². The van der Waals surface area contributed by atoms with Crippen molar-refractivity contribution in [2.45, 2.75) is 19.1 Å². The van der Waals surface area contributed by atoms with Crippen LogP contribution in [0.15, 0.2) is 30.3 Å². The molecule has 1 heterocycles. The Kier molecular flexibility index (Phi) is 3.76. The zero-order chi connectivity index (χ0) is 12.3. The van der Waals surface area contributed by atoms with Gasteiger partial charge in [0.05, 0.1) is 12.7 Å². The van der Waals surface area contributed by atoms with Crippen LogP contribution >= 0.6 is 0 Å². The number of ether oxygens (including phenoxy) is 1. The number of benzene rings is 1. The fourth-order valence-electron chi connectivity index (χ4n) is 2.02. The number of nitrogens with zero attached hydrogens (tertiary/aromatic N) is 1. The molecular weight excluding hydrogens is 216 g/mol. The van der Waals surface area contributed by atoms with Gasteiger partial charge < -0.3 is 15.4 Å². The monoisotopic (exact) mass is 234 g/mol. The van der Waals surface area contributed by atoms with Crippen LogP contribution in [-0.2, 0) is 9.53 Å². The number of carbonyl (C=O) groups excluding carboxylic acids is 1. The molecule has 0 aliphatic carbocycles. The molecule has 1 amide bonds. The van der Waals surface area contributed by atoms with Gasteiger partial charge >= 0.3 is 0 Å². The zero-order valence-electron chi connectivity index (χ0n) is 10.0. The third-order valence-electron chi connectivity index (χ3n) is 2.98. The highest BCUT2D eigenvalue weighted by Crippen LogP contribution is 2.15. The minimum absolute atomic E-state index is 0.0219. The predicted octanol–water partition coefficient (Wildman–Crippen LogP) is 0.934. The van der Waals surface area contributed by atoms with E-state index in [1.165, 1.54) is 0 Å². The first-order valence-electron chi connectivity index (χ1n) is 5.89. The Bertz CT molecular complexity index is 380. The molecule has 2 rings (SSSR count). The van der Waals surface area contributed by atoms with Crippen molar-refractivity contribution in [2.75, 3.05) is 19.7 Å². The lowest BCUT2D eigenvalue weighted by molar-refractivity contribution is -0.139. The SMILES string of the molecule is C[C@H]1CN(C(=O)[C@@H](N)c2ccccc2)CCO1. The fourth-order valence-corrected chi connectivity index (χ4v) is 2.02. The first kappa shape index (κ1) is 12.1. The number of hydrogen-bond acceptors (Lipinski definition) is 3. The molecule has 92 valence electrons. The summed E-state index contributed by atoms with van der Waals surface area (Å²) >= 11 is 0. The van der Waals surface area contributed by atoms with Crippen LogP contribution in [0.25, 0.3) is 0 Å². The molecule has 4 nitrogen and oxygen atoms in total. The van der Waals surface area contributed by atoms with E-state index in [-0.39, 0.29) is 12.0 Å². The zero-order valence-corrected chi connectivity index (χ0v) is 10.0. The van der Waals surface area contributed by atoms with E-state index in [1.807, 2.05) is 37.3 Å². The summed E-state index contributed by atoms with van der Waals surface area (Å²) in [4.78, 5) is 14.0. The van der Waals surface area contributed by atoms with Crippen molar-refractivity contribution in [1.29, 1.82) is 0 Å². The summed E-state index contributed by atoms with van der Waals surface area (Å²) in [5.74, 6) is -0.0219. The predicted molar refractivity (Wildman–Crippen MR) is 65.4 cm³/mol. The van der Waals surface area contributed by atoms with Crippen LogP contribution in [0.1, 0.15) is 18.5 Å². The van der Waals surface area contributed by atoms with Gasteiger partial charge in [0.2, 0.25) is 5.91 Å². The number of nitrogens with two attached hydrogens (primary N) is 1. The maximum Gasteiger partial charge on any atom is 0.244 e. The van der Waals surface area contributed by atoms with Gasteiger partial charge in [-0.3, -0.25) is 4.79 Å². The largest absolute Gasteiger partial charge is 0.375 e. The lowest BCUT2D eigenvalue weighted by Gasteiger charge is -2.32. The fraction of sp³-hybridized carbons (Fsp3) is 0.462. The summed E-state index contributed by atoms with van der Waals surface area (Å²) in [6.07, 6.45) is 0.0932. The smallest absolute Gasteiger partial charge is 0.244 e. The van der Waals surface area contributed by atoms with Crippen LogP contribution in [0.4, 0.5) is 0 Å². The summed E-state index contributed by atoms with van der Waals surface area (Å²) in [5.41, 5.74) is 6.84. The van der Waals surface area contributed by atoms with E-state index in [9.17, 15) is 4.79 Å². The normalized spacial score (nSPS) is 22.2. The Labute approximate surface area is 101 Å². The van der Waals surface area contributed by atoms with Gasteiger partial charge in [-0.25, -0.2) is 0 Å². The summed E-state index contributed by atoms with van der Waals surface area (Å²) in [6, 6.07) is 8.90. The third kappa shape index (κ3) is 2.84. The molecule has 0 spiro atoms. The van der Waals surface area contributed by atoms with Crippen molar-refractivity contribution in [1.82, 2.24) is 4.90 Å². The Balaban J connectivity index is 2.04. The van der Waals surface area contributed by atoms with E-state index in [4.69, 9.17) is 10.5 Å². The molecule has 2 atom stereocenters. The third-order valence-corrected chi connectivity index (χ3v) is 2.98. The molecule has 1 aromatic rings.